The monoisotopic (exact) mass is 204 g/mol. The quantitative estimate of drug-likeness (QED) is 0.814. The van der Waals surface area contributed by atoms with Gasteiger partial charge in [0.2, 0.25) is 0 Å². The molecule has 1 unspecified atom stereocenters. The Morgan fingerprint density at radius 1 is 1.40 bits per heavy atom. The van der Waals surface area contributed by atoms with E-state index in [4.69, 9.17) is 10.5 Å². The van der Waals surface area contributed by atoms with Gasteiger partial charge in [-0.1, -0.05) is 0 Å². The Hall–Kier alpha value is -1.35. The third-order valence-electron chi connectivity index (χ3n) is 2.53. The molecule has 0 bridgehead atoms. The summed E-state index contributed by atoms with van der Waals surface area (Å²) in [5, 5.41) is 0. The molecule has 0 saturated carbocycles. The number of hydrogen-bond donors (Lipinski definition) is 1. The highest BCUT2D eigenvalue weighted by atomic mass is 16.5. The molecule has 1 aromatic rings. The predicted molar refractivity (Wildman–Crippen MR) is 59.2 cm³/mol. The van der Waals surface area contributed by atoms with Gasteiger partial charge in [-0.2, -0.15) is 0 Å². The number of ether oxygens (including phenoxy) is 1. The van der Waals surface area contributed by atoms with Gasteiger partial charge in [0.05, 0.1) is 12.6 Å². The second-order valence-electron chi connectivity index (χ2n) is 3.76. The van der Waals surface area contributed by atoms with Gasteiger partial charge in [-0.05, 0) is 43.0 Å². The zero-order chi connectivity index (χ0) is 10.5. The SMILES string of the molecule is NC(Cc1ccncc1)C1=CCCCO1. The van der Waals surface area contributed by atoms with Gasteiger partial charge >= 0.3 is 0 Å². The van der Waals surface area contributed by atoms with Gasteiger partial charge in [-0.15, -0.1) is 0 Å². The normalized spacial score (nSPS) is 17.8. The summed E-state index contributed by atoms with van der Waals surface area (Å²) in [6.07, 6.45) is 8.69. The highest BCUT2D eigenvalue weighted by Crippen LogP contribution is 2.15. The lowest BCUT2D eigenvalue weighted by atomic mass is 10.0. The number of nitrogens with zero attached hydrogens (tertiary/aromatic N) is 1. The van der Waals surface area contributed by atoms with Crippen molar-refractivity contribution >= 4 is 0 Å². The smallest absolute Gasteiger partial charge is 0.109 e. The first-order valence-corrected chi connectivity index (χ1v) is 5.33. The van der Waals surface area contributed by atoms with Crippen LogP contribution in [0.3, 0.4) is 0 Å². The van der Waals surface area contributed by atoms with Crippen LogP contribution < -0.4 is 5.73 Å². The summed E-state index contributed by atoms with van der Waals surface area (Å²) in [5.74, 6) is 0.943. The first kappa shape index (κ1) is 10.2. The molecule has 1 aliphatic rings. The van der Waals surface area contributed by atoms with Crippen molar-refractivity contribution in [2.24, 2.45) is 5.73 Å². The zero-order valence-corrected chi connectivity index (χ0v) is 8.73. The molecule has 1 aliphatic heterocycles. The number of hydrogen-bond acceptors (Lipinski definition) is 3. The predicted octanol–water partition coefficient (Wildman–Crippen LogP) is 1.65. The molecule has 0 saturated heterocycles. The lowest BCUT2D eigenvalue weighted by Crippen LogP contribution is -2.28. The van der Waals surface area contributed by atoms with E-state index in [-0.39, 0.29) is 6.04 Å². The fraction of sp³-hybridized carbons (Fsp3) is 0.417. The van der Waals surface area contributed by atoms with Crippen LogP contribution >= 0.6 is 0 Å². The van der Waals surface area contributed by atoms with E-state index >= 15 is 0 Å². The maximum Gasteiger partial charge on any atom is 0.109 e. The molecule has 2 heterocycles. The van der Waals surface area contributed by atoms with Crippen molar-refractivity contribution in [2.45, 2.75) is 25.3 Å². The number of nitrogens with two attached hydrogens (primary N) is 1. The molecule has 0 radical (unpaired) electrons. The standard InChI is InChI=1S/C12H16N2O/c13-11(12-3-1-2-8-15-12)9-10-4-6-14-7-5-10/h3-7,11H,1-2,8-9,13H2. The Morgan fingerprint density at radius 2 is 2.20 bits per heavy atom. The summed E-state index contributed by atoms with van der Waals surface area (Å²) in [6.45, 7) is 0.801. The van der Waals surface area contributed by atoms with Gasteiger partial charge < -0.3 is 10.5 Å². The molecule has 15 heavy (non-hydrogen) atoms. The number of allylic oxidation sites excluding steroid dienone is 1. The van der Waals surface area contributed by atoms with E-state index in [0.29, 0.717) is 0 Å². The highest BCUT2D eigenvalue weighted by molar-refractivity contribution is 5.16. The van der Waals surface area contributed by atoms with Gasteiger partial charge in [0.15, 0.2) is 0 Å². The Balaban J connectivity index is 1.97. The van der Waals surface area contributed by atoms with E-state index in [9.17, 15) is 0 Å². The topological polar surface area (TPSA) is 48.1 Å². The summed E-state index contributed by atoms with van der Waals surface area (Å²) < 4.78 is 5.53. The molecule has 3 nitrogen and oxygen atoms in total. The fourth-order valence-corrected chi connectivity index (χ4v) is 1.71. The highest BCUT2D eigenvalue weighted by Gasteiger charge is 2.13. The van der Waals surface area contributed by atoms with Crippen LogP contribution in [-0.2, 0) is 11.2 Å². The zero-order valence-electron chi connectivity index (χ0n) is 8.73. The Morgan fingerprint density at radius 3 is 2.87 bits per heavy atom. The molecular formula is C12H16N2O. The Kier molecular flexibility index (Phi) is 3.35. The van der Waals surface area contributed by atoms with Crippen molar-refractivity contribution in [1.82, 2.24) is 4.98 Å². The minimum Gasteiger partial charge on any atom is -0.497 e. The van der Waals surface area contributed by atoms with Crippen molar-refractivity contribution in [3.8, 4) is 0 Å². The third kappa shape index (κ3) is 2.80. The van der Waals surface area contributed by atoms with Crippen LogP contribution in [0.1, 0.15) is 18.4 Å². The minimum atomic E-state index is -0.0206. The van der Waals surface area contributed by atoms with Crippen LogP contribution in [0, 0.1) is 0 Å². The fourth-order valence-electron chi connectivity index (χ4n) is 1.71. The molecule has 0 aromatic carbocycles. The average molecular weight is 204 g/mol. The van der Waals surface area contributed by atoms with E-state index in [0.717, 1.165) is 31.6 Å². The molecule has 2 rings (SSSR count). The van der Waals surface area contributed by atoms with Crippen molar-refractivity contribution in [3.05, 3.63) is 41.9 Å². The van der Waals surface area contributed by atoms with E-state index in [1.807, 2.05) is 12.1 Å². The van der Waals surface area contributed by atoms with Crippen molar-refractivity contribution < 1.29 is 4.74 Å². The molecule has 1 atom stereocenters. The molecule has 80 valence electrons. The molecule has 3 heteroatoms. The van der Waals surface area contributed by atoms with Crippen molar-refractivity contribution in [1.29, 1.82) is 0 Å². The second kappa shape index (κ2) is 4.94. The van der Waals surface area contributed by atoms with Gasteiger partial charge in [0.25, 0.3) is 0 Å². The van der Waals surface area contributed by atoms with Crippen LogP contribution in [0.25, 0.3) is 0 Å². The second-order valence-corrected chi connectivity index (χ2v) is 3.76. The minimum absolute atomic E-state index is 0.0206. The molecule has 0 aliphatic carbocycles. The van der Waals surface area contributed by atoms with Crippen molar-refractivity contribution in [2.75, 3.05) is 6.61 Å². The lowest BCUT2D eigenvalue weighted by molar-refractivity contribution is 0.175. The Bertz CT molecular complexity index is 335. The largest absolute Gasteiger partial charge is 0.497 e. The molecule has 2 N–H and O–H groups in total. The number of pyridine rings is 1. The van der Waals surface area contributed by atoms with Crippen LogP contribution in [0.4, 0.5) is 0 Å². The van der Waals surface area contributed by atoms with E-state index in [1.54, 1.807) is 12.4 Å². The molecule has 0 spiro atoms. The Labute approximate surface area is 90.0 Å². The first-order chi connectivity index (χ1) is 7.36. The maximum absolute atomic E-state index is 6.07. The number of rotatable bonds is 3. The van der Waals surface area contributed by atoms with E-state index < -0.39 is 0 Å². The summed E-state index contributed by atoms with van der Waals surface area (Å²) in [6, 6.07) is 3.96. The van der Waals surface area contributed by atoms with E-state index in [1.165, 1.54) is 5.56 Å². The molecular weight excluding hydrogens is 188 g/mol. The summed E-state index contributed by atoms with van der Waals surface area (Å²) in [7, 11) is 0. The average Bonchev–Trinajstić information content (AvgIpc) is 2.31. The molecule has 0 fully saturated rings. The van der Waals surface area contributed by atoms with Gasteiger partial charge in [0, 0.05) is 12.4 Å². The maximum atomic E-state index is 6.07. The molecule has 0 amide bonds. The van der Waals surface area contributed by atoms with Crippen LogP contribution in [0.2, 0.25) is 0 Å². The summed E-state index contributed by atoms with van der Waals surface area (Å²) in [5.41, 5.74) is 7.27. The van der Waals surface area contributed by atoms with Crippen molar-refractivity contribution in [3.63, 3.8) is 0 Å². The van der Waals surface area contributed by atoms with Crippen LogP contribution in [0.15, 0.2) is 36.4 Å². The van der Waals surface area contributed by atoms with Crippen LogP contribution in [-0.4, -0.2) is 17.6 Å². The summed E-state index contributed by atoms with van der Waals surface area (Å²) in [4.78, 5) is 3.98. The van der Waals surface area contributed by atoms with Crippen LogP contribution in [0.5, 0.6) is 0 Å². The van der Waals surface area contributed by atoms with Gasteiger partial charge in [0.1, 0.15) is 5.76 Å². The number of aromatic nitrogens is 1. The first-order valence-electron chi connectivity index (χ1n) is 5.33. The summed E-state index contributed by atoms with van der Waals surface area (Å²) >= 11 is 0. The van der Waals surface area contributed by atoms with Gasteiger partial charge in [-0.25, -0.2) is 0 Å². The lowest BCUT2D eigenvalue weighted by Gasteiger charge is -2.20. The third-order valence-corrected chi connectivity index (χ3v) is 2.53. The van der Waals surface area contributed by atoms with Gasteiger partial charge in [-0.3, -0.25) is 4.98 Å². The molecule has 1 aromatic heterocycles. The van der Waals surface area contributed by atoms with E-state index in [2.05, 4.69) is 11.1 Å².